The third kappa shape index (κ3) is 5.10. The maximum atomic E-state index is 6.59. The summed E-state index contributed by atoms with van der Waals surface area (Å²) in [5.74, 6) is 0. The molecule has 5 nitrogen and oxygen atoms in total. The van der Waals surface area contributed by atoms with Crippen LogP contribution >= 0.6 is 0 Å². The smallest absolute Gasteiger partial charge is 0.147 e. The van der Waals surface area contributed by atoms with Gasteiger partial charge in [-0.1, -0.05) is 109 Å². The van der Waals surface area contributed by atoms with Crippen molar-refractivity contribution in [3.05, 3.63) is 164 Å². The highest BCUT2D eigenvalue weighted by Gasteiger charge is 2.20. The van der Waals surface area contributed by atoms with Crippen LogP contribution in [0.4, 0.5) is 0 Å². The first kappa shape index (κ1) is 29.2. The van der Waals surface area contributed by atoms with Gasteiger partial charge < -0.3 is 4.42 Å². The van der Waals surface area contributed by atoms with Gasteiger partial charge in [-0.3, -0.25) is 9.98 Å². The zero-order valence-electron chi connectivity index (χ0n) is 27.6. The quantitative estimate of drug-likeness (QED) is 0.173. The van der Waals surface area contributed by atoms with Gasteiger partial charge in [-0.2, -0.15) is 0 Å². The normalized spacial score (nSPS) is 14.2. The van der Waals surface area contributed by atoms with E-state index in [-0.39, 0.29) is 6.04 Å². The number of rotatable bonds is 5. The highest BCUT2D eigenvalue weighted by Crippen LogP contribution is 2.42. The standard InChI is InChI=1S/C46H30N4O/c1-2-10-35-32(9-1)23-24-39-43(35)46-44(36-11-3-4-14-42(36)51-46)45(50-39)33-21-19-30(20-22-33)29-15-17-31(18-16-29)34-27-40(37-12-5-7-25-47-37)49-41(28-34)38-13-6-8-26-48-38/h1-12,14-28,38H,13H2. The molecule has 0 spiro atoms. The van der Waals surface area contributed by atoms with Gasteiger partial charge in [-0.15, -0.1) is 0 Å². The Bertz CT molecular complexity index is 2820. The van der Waals surface area contributed by atoms with E-state index < -0.39 is 0 Å². The number of furan rings is 1. The number of hydrogen-bond donors (Lipinski definition) is 0. The minimum Gasteiger partial charge on any atom is -0.455 e. The number of aliphatic imine (C=N–C) groups is 1. The largest absolute Gasteiger partial charge is 0.455 e. The number of fused-ring (bicyclic) bond motifs is 7. The third-order valence-electron chi connectivity index (χ3n) is 9.87. The Morgan fingerprint density at radius 2 is 1.29 bits per heavy atom. The van der Waals surface area contributed by atoms with Gasteiger partial charge in [0.15, 0.2) is 0 Å². The molecule has 0 saturated heterocycles. The summed E-state index contributed by atoms with van der Waals surface area (Å²) in [6.45, 7) is 0. The van der Waals surface area contributed by atoms with Gasteiger partial charge in [-0.25, -0.2) is 9.97 Å². The second kappa shape index (κ2) is 12.0. The van der Waals surface area contributed by atoms with E-state index in [0.717, 1.165) is 95.2 Å². The predicted molar refractivity (Wildman–Crippen MR) is 209 cm³/mol. The number of allylic oxidation sites excluding steroid dienone is 1. The van der Waals surface area contributed by atoms with Crippen LogP contribution < -0.4 is 0 Å². The molecule has 0 fully saturated rings. The van der Waals surface area contributed by atoms with E-state index in [4.69, 9.17) is 19.4 Å². The molecule has 9 aromatic rings. The summed E-state index contributed by atoms with van der Waals surface area (Å²) >= 11 is 0. The molecule has 0 N–H and O–H groups in total. The van der Waals surface area contributed by atoms with E-state index in [1.54, 1.807) is 0 Å². The fourth-order valence-electron chi connectivity index (χ4n) is 7.32. The number of nitrogens with zero attached hydrogens (tertiary/aromatic N) is 4. The summed E-state index contributed by atoms with van der Waals surface area (Å²) in [4.78, 5) is 19.6. The van der Waals surface area contributed by atoms with Gasteiger partial charge in [0.2, 0.25) is 0 Å². The second-order valence-corrected chi connectivity index (χ2v) is 13.0. The fourth-order valence-corrected chi connectivity index (χ4v) is 7.32. The minimum atomic E-state index is -0.00656. The molecule has 0 aliphatic carbocycles. The molecule has 5 heteroatoms. The number of aromatic nitrogens is 3. The summed E-state index contributed by atoms with van der Waals surface area (Å²) in [6.07, 6.45) is 8.64. The number of para-hydroxylation sites is 1. The summed E-state index contributed by atoms with van der Waals surface area (Å²) in [5, 5.41) is 5.49. The first-order valence-corrected chi connectivity index (χ1v) is 17.2. The first-order chi connectivity index (χ1) is 25.3. The second-order valence-electron chi connectivity index (χ2n) is 13.0. The van der Waals surface area contributed by atoms with Crippen molar-refractivity contribution in [1.82, 2.24) is 15.0 Å². The molecule has 1 aliphatic heterocycles. The van der Waals surface area contributed by atoms with Crippen LogP contribution in [0.25, 0.3) is 88.5 Å². The molecule has 1 unspecified atom stereocenters. The van der Waals surface area contributed by atoms with Crippen LogP contribution in [0.1, 0.15) is 18.2 Å². The zero-order valence-corrected chi connectivity index (χ0v) is 27.6. The van der Waals surface area contributed by atoms with Crippen molar-refractivity contribution in [2.75, 3.05) is 0 Å². The Labute approximate surface area is 294 Å². The van der Waals surface area contributed by atoms with Crippen molar-refractivity contribution in [2.24, 2.45) is 4.99 Å². The van der Waals surface area contributed by atoms with Crippen molar-refractivity contribution in [1.29, 1.82) is 0 Å². The molecule has 0 amide bonds. The molecule has 0 radical (unpaired) electrons. The van der Waals surface area contributed by atoms with Gasteiger partial charge in [0.1, 0.15) is 11.2 Å². The molecule has 240 valence electrons. The highest BCUT2D eigenvalue weighted by atomic mass is 16.3. The maximum Gasteiger partial charge on any atom is 0.147 e. The van der Waals surface area contributed by atoms with Crippen LogP contribution in [0, 0.1) is 0 Å². The van der Waals surface area contributed by atoms with Crippen molar-refractivity contribution in [2.45, 2.75) is 12.5 Å². The van der Waals surface area contributed by atoms with Crippen molar-refractivity contribution < 1.29 is 4.42 Å². The highest BCUT2D eigenvalue weighted by molar-refractivity contribution is 6.25. The minimum absolute atomic E-state index is 0.00656. The molecule has 0 bridgehead atoms. The lowest BCUT2D eigenvalue weighted by atomic mass is 9.96. The van der Waals surface area contributed by atoms with Crippen molar-refractivity contribution >= 4 is 49.8 Å². The first-order valence-electron chi connectivity index (χ1n) is 17.2. The van der Waals surface area contributed by atoms with E-state index in [9.17, 15) is 0 Å². The summed E-state index contributed by atoms with van der Waals surface area (Å²) in [7, 11) is 0. The molecule has 5 heterocycles. The number of pyridine rings is 3. The predicted octanol–water partition coefficient (Wildman–Crippen LogP) is 11.8. The number of dihydropyridines is 1. The van der Waals surface area contributed by atoms with E-state index in [1.807, 2.05) is 48.8 Å². The third-order valence-corrected chi connectivity index (χ3v) is 9.87. The van der Waals surface area contributed by atoms with Crippen LogP contribution in [0.2, 0.25) is 0 Å². The van der Waals surface area contributed by atoms with E-state index in [2.05, 4.69) is 120 Å². The molecule has 1 atom stereocenters. The lowest BCUT2D eigenvalue weighted by molar-refractivity contribution is 0.673. The monoisotopic (exact) mass is 654 g/mol. The Balaban J connectivity index is 1.03. The number of benzene rings is 5. The Kier molecular flexibility index (Phi) is 6.88. The maximum absolute atomic E-state index is 6.59. The summed E-state index contributed by atoms with van der Waals surface area (Å²) in [6, 6.07) is 48.6. The summed E-state index contributed by atoms with van der Waals surface area (Å²) < 4.78 is 6.59. The molecular formula is C46H30N4O. The molecule has 4 aromatic heterocycles. The molecule has 5 aromatic carbocycles. The van der Waals surface area contributed by atoms with Gasteiger partial charge in [0, 0.05) is 23.4 Å². The lowest BCUT2D eigenvalue weighted by Gasteiger charge is -2.15. The lowest BCUT2D eigenvalue weighted by Crippen LogP contribution is -2.03. The van der Waals surface area contributed by atoms with E-state index >= 15 is 0 Å². The molecule has 1 aliphatic rings. The van der Waals surface area contributed by atoms with E-state index in [1.165, 1.54) is 5.39 Å². The van der Waals surface area contributed by atoms with E-state index in [0.29, 0.717) is 0 Å². The van der Waals surface area contributed by atoms with Crippen LogP contribution in [0.5, 0.6) is 0 Å². The topological polar surface area (TPSA) is 64.2 Å². The van der Waals surface area contributed by atoms with Crippen LogP contribution in [-0.4, -0.2) is 21.2 Å². The molecule has 0 saturated carbocycles. The van der Waals surface area contributed by atoms with Gasteiger partial charge in [0.25, 0.3) is 0 Å². The van der Waals surface area contributed by atoms with Crippen molar-refractivity contribution in [3.8, 4) is 44.9 Å². The van der Waals surface area contributed by atoms with Crippen molar-refractivity contribution in [3.63, 3.8) is 0 Å². The van der Waals surface area contributed by atoms with Gasteiger partial charge in [0.05, 0.1) is 45.1 Å². The molecule has 51 heavy (non-hydrogen) atoms. The zero-order chi connectivity index (χ0) is 33.7. The Morgan fingerprint density at radius 3 is 2.06 bits per heavy atom. The van der Waals surface area contributed by atoms with Gasteiger partial charge >= 0.3 is 0 Å². The molecular weight excluding hydrogens is 625 g/mol. The van der Waals surface area contributed by atoms with Crippen LogP contribution in [0.3, 0.4) is 0 Å². The van der Waals surface area contributed by atoms with Crippen LogP contribution in [0.15, 0.2) is 167 Å². The average Bonchev–Trinajstić information content (AvgIpc) is 3.61. The Hall–Kier alpha value is -6.72. The average molecular weight is 655 g/mol. The summed E-state index contributed by atoms with van der Waals surface area (Å²) in [5.41, 5.74) is 11.8. The molecule has 10 rings (SSSR count). The number of hydrogen-bond acceptors (Lipinski definition) is 5. The Morgan fingerprint density at radius 1 is 0.569 bits per heavy atom. The fraction of sp³-hybridized carbons (Fsp3) is 0.0435. The van der Waals surface area contributed by atoms with Gasteiger partial charge in [-0.05, 0) is 81.9 Å². The SMILES string of the molecule is C1=CCC(c2cc(-c3ccc(-c4ccc(-c5nc6ccc7ccccc7c6c6oc7ccccc7c56)cc4)cc3)cc(-c3ccccn3)n2)N=C1. The van der Waals surface area contributed by atoms with Crippen LogP contribution in [-0.2, 0) is 0 Å².